The van der Waals surface area contributed by atoms with Gasteiger partial charge in [-0.1, -0.05) is 217 Å². The maximum absolute atomic E-state index is 14.9. The summed E-state index contributed by atoms with van der Waals surface area (Å²) in [4.78, 5) is 25.2. The first-order chi connectivity index (χ1) is 43.7. The van der Waals surface area contributed by atoms with E-state index in [4.69, 9.17) is 71.2 Å². The lowest BCUT2D eigenvalue weighted by Crippen LogP contribution is -2.48. The van der Waals surface area contributed by atoms with Crippen molar-refractivity contribution in [2.45, 2.75) is 114 Å². The Labute approximate surface area is 518 Å². The van der Waals surface area contributed by atoms with E-state index < -0.39 is 90.2 Å². The Morgan fingerprint density at radius 1 is 0.483 bits per heavy atom. The number of hydrogen-bond donors (Lipinski definition) is 2. The molecule has 89 heavy (non-hydrogen) atoms. The van der Waals surface area contributed by atoms with E-state index in [9.17, 15) is 18.9 Å². The highest BCUT2D eigenvalue weighted by Crippen LogP contribution is 2.49. The predicted molar refractivity (Wildman–Crippen MR) is 326 cm³/mol. The van der Waals surface area contributed by atoms with Crippen LogP contribution >= 0.6 is 16.1 Å². The average molecular weight is 1260 g/mol. The van der Waals surface area contributed by atoms with Gasteiger partial charge in [-0.2, -0.15) is 0 Å². The van der Waals surface area contributed by atoms with Gasteiger partial charge in [0.15, 0.2) is 18.7 Å². The molecule has 2 fully saturated rings. The number of azide groups is 1. The van der Waals surface area contributed by atoms with E-state index in [1.807, 2.05) is 212 Å². The molecule has 2 heterocycles. The standard InChI is InChI=1S/C66H73N3O18P2/c67-69-68-36-37-76-65-64(81-44-55-34-20-7-21-35-55)62(59(85-65)46-75-39-50-24-10-2-11-25-50)87-89(72,73)83-48-57(78-41-52-28-14-4-15-29-52)60(79-42-53-30-16-5-17-31-53)56(77-40-51-26-12-3-13-27-51)47-82-66-63(80-43-54-32-18-6-19-33-54)61(86-88(70)71)58(84-66)45-74-38-49-22-8-1-9-23-49/h1-35,56-66H,36-48H2,(H-,70,71,72,73)/p+1/t56?,57?,58-,59-,60?,61?,62?,63?,64?,65-,66-/m1/s1. The summed E-state index contributed by atoms with van der Waals surface area (Å²) in [6.07, 6.45) is -12.7. The molecule has 13 atom stereocenters. The zero-order chi connectivity index (χ0) is 61.7. The number of nitrogens with zero attached hydrogens (tertiary/aromatic N) is 3. The number of phosphoric acid groups is 1. The average Bonchev–Trinajstić information content (AvgIpc) is 1.92. The molecule has 2 aliphatic heterocycles. The summed E-state index contributed by atoms with van der Waals surface area (Å²) < 4.78 is 117. The van der Waals surface area contributed by atoms with Crippen LogP contribution in [0.4, 0.5) is 0 Å². The van der Waals surface area contributed by atoms with Gasteiger partial charge >= 0.3 is 16.1 Å². The largest absolute Gasteiger partial charge is 0.695 e. The van der Waals surface area contributed by atoms with Crippen LogP contribution in [0.1, 0.15) is 38.9 Å². The highest BCUT2D eigenvalue weighted by atomic mass is 31.2. The summed E-state index contributed by atoms with van der Waals surface area (Å²) in [5, 5.41) is 3.60. The molecular formula is C66H74N3O18P2+. The molecule has 7 aromatic carbocycles. The molecule has 2 N–H and O–H groups in total. The van der Waals surface area contributed by atoms with Crippen molar-refractivity contribution in [1.29, 1.82) is 0 Å². The maximum Gasteiger partial charge on any atom is 0.695 e. The van der Waals surface area contributed by atoms with Crippen molar-refractivity contribution < 1.29 is 84.6 Å². The van der Waals surface area contributed by atoms with Gasteiger partial charge in [0.05, 0.1) is 79.3 Å². The predicted octanol–water partition coefficient (Wildman–Crippen LogP) is 11.7. The first-order valence-corrected chi connectivity index (χ1v) is 31.8. The van der Waals surface area contributed by atoms with Crippen LogP contribution in [0.25, 0.3) is 10.4 Å². The molecule has 9 unspecified atom stereocenters. The van der Waals surface area contributed by atoms with Gasteiger partial charge in [-0.05, 0) is 44.5 Å². The number of rotatable bonds is 39. The van der Waals surface area contributed by atoms with Crippen molar-refractivity contribution in [2.24, 2.45) is 5.11 Å². The molecule has 0 saturated carbocycles. The minimum absolute atomic E-state index is 0.00376. The molecule has 9 rings (SSSR count). The molecule has 2 saturated heterocycles. The third-order valence-electron chi connectivity index (χ3n) is 14.4. The minimum atomic E-state index is -5.21. The molecule has 23 heteroatoms. The van der Waals surface area contributed by atoms with Crippen LogP contribution in [0.15, 0.2) is 217 Å². The molecule has 2 aliphatic rings. The normalized spacial score (nSPS) is 21.8. The van der Waals surface area contributed by atoms with Crippen LogP contribution in [0.3, 0.4) is 0 Å². The maximum atomic E-state index is 14.9. The number of hydrogen-bond acceptors (Lipinski definition) is 17. The molecule has 0 amide bonds. The summed E-state index contributed by atoms with van der Waals surface area (Å²) in [5.74, 6) is 0. The summed E-state index contributed by atoms with van der Waals surface area (Å²) in [7, 11) is -8.38. The molecule has 0 aliphatic carbocycles. The van der Waals surface area contributed by atoms with Gasteiger partial charge in [0.2, 0.25) is 0 Å². The molecule has 0 aromatic heterocycles. The van der Waals surface area contributed by atoms with E-state index in [0.29, 0.717) is 0 Å². The molecule has 0 radical (unpaired) electrons. The minimum Gasteiger partial charge on any atom is -0.374 e. The third-order valence-corrected chi connectivity index (χ3v) is 15.8. The van der Waals surface area contributed by atoms with Gasteiger partial charge in [0, 0.05) is 16.0 Å². The van der Waals surface area contributed by atoms with E-state index in [1.165, 1.54) is 0 Å². The topological polar surface area (TPSA) is 253 Å². The monoisotopic (exact) mass is 1260 g/mol. The zero-order valence-electron chi connectivity index (χ0n) is 48.9. The second kappa shape index (κ2) is 36.4. The molecule has 0 bridgehead atoms. The van der Waals surface area contributed by atoms with E-state index in [1.54, 1.807) is 0 Å². The van der Waals surface area contributed by atoms with Gasteiger partial charge < -0.3 is 57.0 Å². The number of ether oxygens (including phenoxy) is 11. The van der Waals surface area contributed by atoms with Crippen molar-refractivity contribution in [1.82, 2.24) is 0 Å². The highest BCUT2D eigenvalue weighted by Gasteiger charge is 2.53. The first kappa shape index (κ1) is 66.9. The molecule has 0 spiro atoms. The van der Waals surface area contributed by atoms with Crippen LogP contribution < -0.4 is 0 Å². The Balaban J connectivity index is 1.03. The SMILES string of the molecule is [N-]=[N+]=NCCO[C@@H]1O[C@H](COCc2ccccc2)C(OP(=O)(O)OCC(OCc2ccccc2)C(OCc2ccccc2)C(CO[C@@H]2O[C@H](COCc3ccccc3)C(O[P+](=O)O)C2OCc2ccccc2)OCc2ccccc2)C1OCc1ccccc1. The van der Waals surface area contributed by atoms with E-state index >= 15 is 0 Å². The lowest BCUT2D eigenvalue weighted by Gasteiger charge is -2.35. The summed E-state index contributed by atoms with van der Waals surface area (Å²) in [6.45, 7) is -0.743. The zero-order valence-corrected chi connectivity index (χ0v) is 50.7. The number of benzene rings is 7. The fraction of sp³-hybridized carbons (Fsp3) is 0.364. The van der Waals surface area contributed by atoms with Crippen LogP contribution in [-0.4, -0.2) is 117 Å². The highest BCUT2D eigenvalue weighted by molar-refractivity contribution is 7.47. The van der Waals surface area contributed by atoms with Crippen molar-refractivity contribution in [3.63, 3.8) is 0 Å². The fourth-order valence-electron chi connectivity index (χ4n) is 9.95. The molecule has 21 nitrogen and oxygen atoms in total. The second-order valence-corrected chi connectivity index (χ2v) is 22.9. The second-order valence-electron chi connectivity index (χ2n) is 20.8. The van der Waals surface area contributed by atoms with Crippen LogP contribution in [-0.2, 0) is 121 Å². The van der Waals surface area contributed by atoms with Crippen LogP contribution in [0.5, 0.6) is 0 Å². The third kappa shape index (κ3) is 22.2. The van der Waals surface area contributed by atoms with Gasteiger partial charge in [0.1, 0.15) is 48.8 Å². The van der Waals surface area contributed by atoms with Gasteiger partial charge in [0.25, 0.3) is 0 Å². The van der Waals surface area contributed by atoms with E-state index in [-0.39, 0.29) is 79.2 Å². The van der Waals surface area contributed by atoms with Crippen molar-refractivity contribution in [3.8, 4) is 0 Å². The molecule has 7 aromatic rings. The van der Waals surface area contributed by atoms with Crippen molar-refractivity contribution >= 4 is 16.1 Å². The summed E-state index contributed by atoms with van der Waals surface area (Å²) in [5.41, 5.74) is 14.7. The van der Waals surface area contributed by atoms with Crippen LogP contribution in [0, 0.1) is 0 Å². The Morgan fingerprint density at radius 2 is 0.854 bits per heavy atom. The summed E-state index contributed by atoms with van der Waals surface area (Å²) >= 11 is 0. The Hall–Kier alpha value is -6.46. The first-order valence-electron chi connectivity index (χ1n) is 29.2. The lowest BCUT2D eigenvalue weighted by atomic mass is 10.1. The van der Waals surface area contributed by atoms with Crippen molar-refractivity contribution in [3.05, 3.63) is 262 Å². The van der Waals surface area contributed by atoms with Crippen molar-refractivity contribution in [2.75, 3.05) is 39.6 Å². The Kier molecular flexibility index (Phi) is 27.4. The quantitative estimate of drug-likeness (QED) is 0.0119. The lowest BCUT2D eigenvalue weighted by molar-refractivity contribution is -0.222. The molecular weight excluding hydrogens is 1180 g/mol. The van der Waals surface area contributed by atoms with Crippen LogP contribution in [0.2, 0.25) is 0 Å². The molecule has 470 valence electrons. The number of phosphoric ester groups is 1. The van der Waals surface area contributed by atoms with Gasteiger partial charge in [-0.25, -0.2) is 4.57 Å². The van der Waals surface area contributed by atoms with E-state index in [2.05, 4.69) is 10.0 Å². The van der Waals surface area contributed by atoms with Gasteiger partial charge in [-0.3, -0.25) is 9.05 Å². The Morgan fingerprint density at radius 3 is 1.28 bits per heavy atom. The Bertz CT molecular complexity index is 3210. The van der Waals surface area contributed by atoms with Gasteiger partial charge in [-0.15, -0.1) is 9.42 Å². The summed E-state index contributed by atoms with van der Waals surface area (Å²) in [6, 6.07) is 65.8. The van der Waals surface area contributed by atoms with E-state index in [0.717, 1.165) is 38.9 Å². The smallest absolute Gasteiger partial charge is 0.374 e. The fourth-order valence-corrected chi connectivity index (χ4v) is 11.4.